The summed E-state index contributed by atoms with van der Waals surface area (Å²) in [7, 11) is 0. The molecule has 0 saturated carbocycles. The summed E-state index contributed by atoms with van der Waals surface area (Å²) in [6.45, 7) is 2.03. The van der Waals surface area contributed by atoms with E-state index in [0.29, 0.717) is 22.8 Å². The van der Waals surface area contributed by atoms with E-state index in [4.69, 9.17) is 11.1 Å². The Labute approximate surface area is 122 Å². The predicted molar refractivity (Wildman–Crippen MR) is 82.3 cm³/mol. The molecule has 2 aromatic rings. The number of nitrogens with zero attached hydrogens (tertiary/aromatic N) is 2. The van der Waals surface area contributed by atoms with Crippen LogP contribution in [0.5, 0.6) is 11.5 Å². The van der Waals surface area contributed by atoms with Crippen LogP contribution in [0.4, 0.5) is 5.69 Å². The van der Waals surface area contributed by atoms with Crippen LogP contribution in [-0.2, 0) is 6.42 Å². The van der Waals surface area contributed by atoms with E-state index in [0.717, 1.165) is 12.8 Å². The minimum absolute atomic E-state index is 0.0679. The van der Waals surface area contributed by atoms with Crippen molar-refractivity contribution < 1.29 is 10.2 Å². The van der Waals surface area contributed by atoms with Crippen molar-refractivity contribution in [3.63, 3.8) is 0 Å². The zero-order valence-electron chi connectivity index (χ0n) is 11.8. The number of azo groups is 1. The summed E-state index contributed by atoms with van der Waals surface area (Å²) >= 11 is 0. The Bertz CT molecular complexity index is 710. The highest BCUT2D eigenvalue weighted by molar-refractivity contribution is 6.00. The minimum Gasteiger partial charge on any atom is -0.507 e. The lowest BCUT2D eigenvalue weighted by atomic mass is 9.98. The molecule has 0 unspecified atom stereocenters. The van der Waals surface area contributed by atoms with Crippen LogP contribution in [0.25, 0.3) is 10.8 Å². The molecule has 0 aromatic heterocycles. The van der Waals surface area contributed by atoms with Gasteiger partial charge in [0.1, 0.15) is 11.4 Å². The molecular weight excluding hydrogens is 268 g/mol. The topological polar surface area (TPSA) is 115 Å². The van der Waals surface area contributed by atoms with E-state index in [1.165, 1.54) is 0 Å². The zero-order valence-corrected chi connectivity index (χ0v) is 11.8. The van der Waals surface area contributed by atoms with Gasteiger partial charge in [-0.3, -0.25) is 5.41 Å². The number of benzene rings is 2. The van der Waals surface area contributed by atoms with Gasteiger partial charge in [0.2, 0.25) is 5.96 Å². The molecule has 5 N–H and O–H groups in total. The van der Waals surface area contributed by atoms with Gasteiger partial charge in [0.25, 0.3) is 0 Å². The molecule has 0 amide bonds. The van der Waals surface area contributed by atoms with Crippen LogP contribution in [0.2, 0.25) is 0 Å². The summed E-state index contributed by atoms with van der Waals surface area (Å²) in [4.78, 5) is 0. The molecule has 0 saturated heterocycles. The molecule has 0 atom stereocenters. The summed E-state index contributed by atoms with van der Waals surface area (Å²) < 4.78 is 0. The van der Waals surface area contributed by atoms with Crippen molar-refractivity contribution in [1.29, 1.82) is 5.41 Å². The smallest absolute Gasteiger partial charge is 0.232 e. The van der Waals surface area contributed by atoms with Gasteiger partial charge < -0.3 is 15.9 Å². The predicted octanol–water partition coefficient (Wildman–Crippen LogP) is 3.57. The van der Waals surface area contributed by atoms with Crippen molar-refractivity contribution >= 4 is 22.4 Å². The Hall–Kier alpha value is -2.63. The Balaban J connectivity index is 2.71. The molecule has 0 radical (unpaired) electrons. The summed E-state index contributed by atoms with van der Waals surface area (Å²) in [5, 5.41) is 36.4. The molecule has 2 rings (SSSR count). The number of nitrogens with one attached hydrogen (secondary N) is 1. The highest BCUT2D eigenvalue weighted by Crippen LogP contribution is 2.45. The number of guanidine groups is 1. The molecular formula is C15H18N4O2. The fourth-order valence-corrected chi connectivity index (χ4v) is 2.24. The van der Waals surface area contributed by atoms with Crippen LogP contribution in [0, 0.1) is 5.41 Å². The maximum Gasteiger partial charge on any atom is 0.232 e. The quantitative estimate of drug-likeness (QED) is 0.391. The lowest BCUT2D eigenvalue weighted by Gasteiger charge is -2.13. The Morgan fingerprint density at radius 1 is 1.19 bits per heavy atom. The molecule has 0 bridgehead atoms. The first-order valence-corrected chi connectivity index (χ1v) is 6.77. The monoisotopic (exact) mass is 286 g/mol. The van der Waals surface area contributed by atoms with Crippen molar-refractivity contribution in [2.75, 3.05) is 0 Å². The molecule has 0 spiro atoms. The van der Waals surface area contributed by atoms with Gasteiger partial charge in [-0.25, -0.2) is 0 Å². The molecule has 6 nitrogen and oxygen atoms in total. The molecule has 0 fully saturated rings. The average molecular weight is 286 g/mol. The average Bonchev–Trinajstić information content (AvgIpc) is 2.47. The van der Waals surface area contributed by atoms with Gasteiger partial charge in [0, 0.05) is 16.3 Å². The number of unbranched alkanes of at least 4 members (excludes halogenated alkanes) is 1. The summed E-state index contributed by atoms with van der Waals surface area (Å²) in [6.07, 6.45) is 2.32. The molecule has 0 heterocycles. The molecule has 0 aliphatic heterocycles. The number of phenols is 2. The molecule has 110 valence electrons. The van der Waals surface area contributed by atoms with Crippen LogP contribution in [0.3, 0.4) is 0 Å². The molecule has 0 aliphatic carbocycles. The lowest BCUT2D eigenvalue weighted by Crippen LogP contribution is -2.03. The zero-order chi connectivity index (χ0) is 15.4. The van der Waals surface area contributed by atoms with E-state index < -0.39 is 5.96 Å². The first kappa shape index (κ1) is 14.8. The summed E-state index contributed by atoms with van der Waals surface area (Å²) in [6, 6.07) is 7.06. The van der Waals surface area contributed by atoms with Crippen molar-refractivity contribution in [3.8, 4) is 11.5 Å². The van der Waals surface area contributed by atoms with Crippen molar-refractivity contribution in [2.45, 2.75) is 26.2 Å². The summed E-state index contributed by atoms with van der Waals surface area (Å²) in [5.41, 5.74) is 5.85. The highest BCUT2D eigenvalue weighted by atomic mass is 16.3. The van der Waals surface area contributed by atoms with Crippen molar-refractivity contribution in [2.24, 2.45) is 16.0 Å². The fourth-order valence-electron chi connectivity index (χ4n) is 2.24. The molecule has 6 heteroatoms. The van der Waals surface area contributed by atoms with Crippen LogP contribution in [-0.4, -0.2) is 16.2 Å². The maximum atomic E-state index is 10.4. The number of rotatable bonds is 4. The largest absolute Gasteiger partial charge is 0.507 e. The second kappa shape index (κ2) is 6.21. The number of phenolic OH excluding ortho intramolecular Hbond substituents is 2. The number of nitrogens with two attached hydrogens (primary N) is 1. The maximum absolute atomic E-state index is 10.4. The number of hydrogen-bond acceptors (Lipinski definition) is 4. The molecule has 0 aliphatic rings. The van der Waals surface area contributed by atoms with Gasteiger partial charge >= 0.3 is 0 Å². The third kappa shape index (κ3) is 2.94. The van der Waals surface area contributed by atoms with E-state index in [-0.39, 0.29) is 17.2 Å². The second-order valence-corrected chi connectivity index (χ2v) is 4.76. The van der Waals surface area contributed by atoms with Crippen molar-refractivity contribution in [3.05, 3.63) is 29.8 Å². The van der Waals surface area contributed by atoms with E-state index in [1.54, 1.807) is 24.3 Å². The van der Waals surface area contributed by atoms with Crippen LogP contribution in [0.15, 0.2) is 34.5 Å². The Morgan fingerprint density at radius 2 is 1.86 bits per heavy atom. The first-order chi connectivity index (χ1) is 10.1. The van der Waals surface area contributed by atoms with E-state index in [9.17, 15) is 10.2 Å². The highest BCUT2D eigenvalue weighted by Gasteiger charge is 2.18. The third-order valence-electron chi connectivity index (χ3n) is 3.27. The Kier molecular flexibility index (Phi) is 4.37. The lowest BCUT2D eigenvalue weighted by molar-refractivity contribution is 0.442. The van der Waals surface area contributed by atoms with Gasteiger partial charge in [-0.05, 0) is 12.8 Å². The van der Waals surface area contributed by atoms with Crippen molar-refractivity contribution in [1.82, 2.24) is 0 Å². The number of aromatic hydroxyl groups is 2. The van der Waals surface area contributed by atoms with Crippen LogP contribution < -0.4 is 5.73 Å². The first-order valence-electron chi connectivity index (χ1n) is 6.77. The number of hydrogen-bond donors (Lipinski definition) is 4. The van der Waals surface area contributed by atoms with Crippen LogP contribution in [0.1, 0.15) is 25.3 Å². The molecule has 21 heavy (non-hydrogen) atoms. The Morgan fingerprint density at radius 3 is 2.48 bits per heavy atom. The number of fused-ring (bicyclic) bond motifs is 1. The standard InChI is InChI=1S/C15H18N4O2/c1-2-3-6-11-13(20)10-8-5-4-7-9(10)12(14(11)21)18-19-15(16)17/h4-5,7-8,20-21H,2-3,6H2,1H3,(H3,16,17). The van der Waals surface area contributed by atoms with E-state index in [1.807, 2.05) is 6.92 Å². The molecule has 2 aromatic carbocycles. The normalized spacial score (nSPS) is 11.3. The fraction of sp³-hybridized carbons (Fsp3) is 0.267. The van der Waals surface area contributed by atoms with Gasteiger partial charge in [-0.2, -0.15) is 0 Å². The minimum atomic E-state index is -0.443. The SMILES string of the molecule is CCCCc1c(O)c(N=NC(=N)N)c2ccccc2c1O. The van der Waals surface area contributed by atoms with Gasteiger partial charge in [-0.1, -0.05) is 37.6 Å². The third-order valence-corrected chi connectivity index (χ3v) is 3.27. The van der Waals surface area contributed by atoms with Gasteiger partial charge in [-0.15, -0.1) is 10.2 Å². The summed E-state index contributed by atoms with van der Waals surface area (Å²) in [5.74, 6) is -0.482. The van der Waals surface area contributed by atoms with E-state index in [2.05, 4.69) is 10.2 Å². The van der Waals surface area contributed by atoms with Crippen LogP contribution >= 0.6 is 0 Å². The second-order valence-electron chi connectivity index (χ2n) is 4.76. The van der Waals surface area contributed by atoms with Gasteiger partial charge in [0.05, 0.1) is 0 Å². The van der Waals surface area contributed by atoms with Gasteiger partial charge in [0.15, 0.2) is 5.75 Å². The van der Waals surface area contributed by atoms with E-state index >= 15 is 0 Å².